The summed E-state index contributed by atoms with van der Waals surface area (Å²) in [5.74, 6) is -0.153. The Morgan fingerprint density at radius 2 is 1.83 bits per heavy atom. The predicted molar refractivity (Wildman–Crippen MR) is 92.7 cm³/mol. The van der Waals surface area contributed by atoms with Crippen LogP contribution in [0.3, 0.4) is 0 Å². The summed E-state index contributed by atoms with van der Waals surface area (Å²) < 4.78 is 5.54. The van der Waals surface area contributed by atoms with E-state index in [1.54, 1.807) is 37.3 Å². The molecule has 0 aliphatic heterocycles. The summed E-state index contributed by atoms with van der Waals surface area (Å²) in [4.78, 5) is 23.8. The number of carbonyl (C=O) groups excluding carboxylic acids is 2. The Morgan fingerprint density at radius 1 is 1.12 bits per heavy atom. The van der Waals surface area contributed by atoms with Crippen molar-refractivity contribution in [3.8, 4) is 5.75 Å². The van der Waals surface area contributed by atoms with Gasteiger partial charge in [-0.3, -0.25) is 20.4 Å². The van der Waals surface area contributed by atoms with Crippen LogP contribution in [0.5, 0.6) is 5.75 Å². The molecule has 126 valence electrons. The van der Waals surface area contributed by atoms with Gasteiger partial charge in [0.1, 0.15) is 5.75 Å². The highest BCUT2D eigenvalue weighted by Crippen LogP contribution is 2.14. The molecule has 1 atom stereocenters. The van der Waals surface area contributed by atoms with E-state index in [0.29, 0.717) is 10.8 Å². The number of ether oxygens (including phenoxy) is 1. The molecule has 0 radical (unpaired) electrons. The third-order valence-electron chi connectivity index (χ3n) is 3.27. The Morgan fingerprint density at radius 3 is 2.50 bits per heavy atom. The Balaban J connectivity index is 1.79. The van der Waals surface area contributed by atoms with Crippen molar-refractivity contribution in [2.75, 3.05) is 0 Å². The monoisotopic (exact) mass is 346 g/mol. The van der Waals surface area contributed by atoms with Crippen LogP contribution >= 0.6 is 11.6 Å². The lowest BCUT2D eigenvalue weighted by atomic mass is 10.1. The van der Waals surface area contributed by atoms with Crippen molar-refractivity contribution in [3.05, 3.63) is 64.7 Å². The first-order valence-electron chi connectivity index (χ1n) is 7.50. The molecular weight excluding hydrogens is 328 g/mol. The van der Waals surface area contributed by atoms with Gasteiger partial charge < -0.3 is 4.74 Å². The third-order valence-corrected chi connectivity index (χ3v) is 3.53. The minimum absolute atomic E-state index is 0.143. The second-order valence-corrected chi connectivity index (χ2v) is 5.85. The van der Waals surface area contributed by atoms with Crippen LogP contribution < -0.4 is 15.6 Å². The first-order valence-corrected chi connectivity index (χ1v) is 7.88. The zero-order valence-corrected chi connectivity index (χ0v) is 14.3. The molecule has 0 aliphatic rings. The van der Waals surface area contributed by atoms with Gasteiger partial charge in [0.15, 0.2) is 6.10 Å². The van der Waals surface area contributed by atoms with Gasteiger partial charge >= 0.3 is 0 Å². The fourth-order valence-electron chi connectivity index (χ4n) is 2.01. The van der Waals surface area contributed by atoms with Gasteiger partial charge in [-0.15, -0.1) is 0 Å². The molecule has 1 unspecified atom stereocenters. The number of carbonyl (C=O) groups is 2. The SMILES string of the molecule is Cc1cccc(OC(C)C(=O)NNC(=O)Cc2ccc(Cl)cc2)c1. The molecule has 2 aromatic rings. The molecule has 0 saturated heterocycles. The Labute approximate surface area is 145 Å². The predicted octanol–water partition coefficient (Wildman–Crippen LogP) is 2.81. The molecule has 2 aromatic carbocycles. The molecule has 0 saturated carbocycles. The van der Waals surface area contributed by atoms with Crippen LogP contribution in [-0.4, -0.2) is 17.9 Å². The number of aryl methyl sites for hydroxylation is 1. The van der Waals surface area contributed by atoms with Crippen molar-refractivity contribution >= 4 is 23.4 Å². The molecule has 0 aromatic heterocycles. The number of nitrogens with one attached hydrogen (secondary N) is 2. The van der Waals surface area contributed by atoms with Gasteiger partial charge in [0.2, 0.25) is 5.91 Å². The van der Waals surface area contributed by atoms with Gasteiger partial charge in [0, 0.05) is 5.02 Å². The molecule has 0 bridgehead atoms. The largest absolute Gasteiger partial charge is 0.481 e. The number of hydrogen-bond donors (Lipinski definition) is 2. The van der Waals surface area contributed by atoms with Crippen LogP contribution in [0.25, 0.3) is 0 Å². The molecule has 2 N–H and O–H groups in total. The van der Waals surface area contributed by atoms with Gasteiger partial charge in [0.05, 0.1) is 6.42 Å². The molecule has 6 heteroatoms. The molecule has 0 heterocycles. The summed E-state index contributed by atoms with van der Waals surface area (Å²) in [5, 5.41) is 0.606. The zero-order valence-electron chi connectivity index (χ0n) is 13.5. The van der Waals surface area contributed by atoms with Crippen LogP contribution in [0, 0.1) is 6.92 Å². The van der Waals surface area contributed by atoms with Gasteiger partial charge in [0.25, 0.3) is 5.91 Å². The molecule has 0 fully saturated rings. The fourth-order valence-corrected chi connectivity index (χ4v) is 2.14. The zero-order chi connectivity index (χ0) is 17.5. The molecule has 5 nitrogen and oxygen atoms in total. The lowest BCUT2D eigenvalue weighted by Crippen LogP contribution is -2.47. The number of hydrogen-bond acceptors (Lipinski definition) is 3. The topological polar surface area (TPSA) is 67.4 Å². The van der Waals surface area contributed by atoms with E-state index in [1.807, 2.05) is 25.1 Å². The van der Waals surface area contributed by atoms with Crippen LogP contribution in [0.4, 0.5) is 0 Å². The van der Waals surface area contributed by atoms with E-state index in [4.69, 9.17) is 16.3 Å². The summed E-state index contributed by atoms with van der Waals surface area (Å²) in [6.45, 7) is 3.55. The van der Waals surface area contributed by atoms with Gasteiger partial charge in [-0.05, 0) is 49.2 Å². The van der Waals surface area contributed by atoms with E-state index < -0.39 is 12.0 Å². The van der Waals surface area contributed by atoms with Crippen LogP contribution in [0.1, 0.15) is 18.1 Å². The van der Waals surface area contributed by atoms with Crippen LogP contribution in [-0.2, 0) is 16.0 Å². The molecule has 0 aliphatic carbocycles. The lowest BCUT2D eigenvalue weighted by molar-refractivity contribution is -0.132. The summed E-state index contributed by atoms with van der Waals surface area (Å²) in [6.07, 6.45) is -0.590. The van der Waals surface area contributed by atoms with Crippen molar-refractivity contribution in [3.63, 3.8) is 0 Å². The van der Waals surface area contributed by atoms with Crippen LogP contribution in [0.2, 0.25) is 5.02 Å². The maximum atomic E-state index is 12.0. The van der Waals surface area contributed by atoms with E-state index in [0.717, 1.165) is 11.1 Å². The van der Waals surface area contributed by atoms with Crippen molar-refractivity contribution in [1.82, 2.24) is 10.9 Å². The highest BCUT2D eigenvalue weighted by atomic mass is 35.5. The highest BCUT2D eigenvalue weighted by Gasteiger charge is 2.15. The third kappa shape index (κ3) is 5.59. The van der Waals surface area contributed by atoms with E-state index in [1.165, 1.54) is 0 Å². The van der Waals surface area contributed by atoms with Crippen molar-refractivity contribution < 1.29 is 14.3 Å². The number of amides is 2. The number of hydrazine groups is 1. The van der Waals surface area contributed by atoms with E-state index in [9.17, 15) is 9.59 Å². The molecule has 2 rings (SSSR count). The Hall–Kier alpha value is -2.53. The van der Waals surface area contributed by atoms with Crippen molar-refractivity contribution in [2.24, 2.45) is 0 Å². The van der Waals surface area contributed by atoms with E-state index in [-0.39, 0.29) is 12.3 Å². The quantitative estimate of drug-likeness (QED) is 0.818. The maximum absolute atomic E-state index is 12.0. The Kier molecular flexibility index (Phi) is 6.21. The van der Waals surface area contributed by atoms with E-state index in [2.05, 4.69) is 10.9 Å². The standard InChI is InChI=1S/C18H19ClN2O3/c1-12-4-3-5-16(10-12)24-13(2)18(23)21-20-17(22)11-14-6-8-15(19)9-7-14/h3-10,13H,11H2,1-2H3,(H,20,22)(H,21,23). The van der Waals surface area contributed by atoms with Gasteiger partial charge in [-0.25, -0.2) is 0 Å². The minimum atomic E-state index is -0.734. The van der Waals surface area contributed by atoms with Gasteiger partial charge in [-0.2, -0.15) is 0 Å². The molecule has 2 amide bonds. The summed E-state index contributed by atoms with van der Waals surface area (Å²) >= 11 is 5.79. The first kappa shape index (κ1) is 17.8. The smallest absolute Gasteiger partial charge is 0.279 e. The Bertz CT molecular complexity index is 716. The minimum Gasteiger partial charge on any atom is -0.481 e. The van der Waals surface area contributed by atoms with Gasteiger partial charge in [-0.1, -0.05) is 35.9 Å². The van der Waals surface area contributed by atoms with Crippen molar-refractivity contribution in [1.29, 1.82) is 0 Å². The average Bonchev–Trinajstić information content (AvgIpc) is 2.54. The highest BCUT2D eigenvalue weighted by molar-refractivity contribution is 6.30. The molecule has 0 spiro atoms. The summed E-state index contributed by atoms with van der Waals surface area (Å²) in [5.41, 5.74) is 6.57. The second-order valence-electron chi connectivity index (χ2n) is 5.42. The second kappa shape index (κ2) is 8.36. The normalized spacial score (nSPS) is 11.5. The van der Waals surface area contributed by atoms with Crippen molar-refractivity contribution in [2.45, 2.75) is 26.4 Å². The number of halogens is 1. The average molecular weight is 347 g/mol. The van der Waals surface area contributed by atoms with E-state index >= 15 is 0 Å². The summed E-state index contributed by atoms with van der Waals surface area (Å²) in [6, 6.07) is 14.3. The maximum Gasteiger partial charge on any atom is 0.279 e. The number of benzene rings is 2. The summed E-state index contributed by atoms with van der Waals surface area (Å²) in [7, 11) is 0. The molecule has 24 heavy (non-hydrogen) atoms. The first-order chi connectivity index (χ1) is 11.4. The fraction of sp³-hybridized carbons (Fsp3) is 0.222. The number of rotatable bonds is 5. The lowest BCUT2D eigenvalue weighted by Gasteiger charge is -2.15. The molecular formula is C18H19ClN2O3. The van der Waals surface area contributed by atoms with Crippen LogP contribution in [0.15, 0.2) is 48.5 Å².